The van der Waals surface area contributed by atoms with Gasteiger partial charge in [0.25, 0.3) is 0 Å². The number of esters is 1. The number of carbonyl (C=O) groups is 2. The molecule has 11 heteroatoms. The molecule has 7 N–H and O–H groups in total. The fourth-order valence-corrected chi connectivity index (χ4v) is 5.57. The minimum atomic E-state index is -2.29. The van der Waals surface area contributed by atoms with Gasteiger partial charge in [-0.05, 0) is 70.8 Å². The maximum atomic E-state index is 12.9. The number of cyclic esters (lactones) is 1. The normalized spacial score (nSPS) is 41.6. The molecule has 44 heavy (non-hydrogen) atoms. The lowest BCUT2D eigenvalue weighted by atomic mass is 9.88. The van der Waals surface area contributed by atoms with Crippen molar-refractivity contribution < 1.29 is 54.8 Å². The van der Waals surface area contributed by atoms with Gasteiger partial charge in [0.15, 0.2) is 0 Å². The van der Waals surface area contributed by atoms with Crippen LogP contribution in [0.5, 0.6) is 0 Å². The standard InChI is InChI=1S/C33H54O11/c1-6-7-8-29-26(36)13-10-23(34)17-24-11-14-30(39)33(42,44-24)31(40)16-19(2)15-21(4)28(38)18-27(37)20(3)9-12-25(35)22(5)32(41)43-29/h9,12,15,21-27,29-31,34-37,39-40,42H,3,6-8,10-11,13-14,16-18H2,1-2,4-5H3/b12-9+,19-15+/t21-,22-,23+,24-,25+,26-,27+,29-,30-,31-,33-/m1/s1. The number of unbranched alkanes of at least 4 members (excludes halogenated alkanes) is 1. The van der Waals surface area contributed by atoms with Crippen LogP contribution in [-0.2, 0) is 19.1 Å². The third kappa shape index (κ3) is 11.1. The first-order chi connectivity index (χ1) is 20.6. The highest BCUT2D eigenvalue weighted by molar-refractivity contribution is 5.83. The smallest absolute Gasteiger partial charge is 0.311 e. The molecule has 0 radical (unpaired) electrons. The number of ketones is 1. The molecule has 252 valence electrons. The average Bonchev–Trinajstić information content (AvgIpc) is 2.97. The Morgan fingerprint density at radius 3 is 2.32 bits per heavy atom. The molecule has 2 heterocycles. The zero-order valence-electron chi connectivity index (χ0n) is 26.5. The van der Waals surface area contributed by atoms with Gasteiger partial charge < -0.3 is 45.2 Å². The van der Waals surface area contributed by atoms with E-state index in [0.29, 0.717) is 24.8 Å². The molecule has 0 aromatic rings. The van der Waals surface area contributed by atoms with Crippen LogP contribution in [0.1, 0.15) is 91.9 Å². The Morgan fingerprint density at radius 2 is 1.66 bits per heavy atom. The van der Waals surface area contributed by atoms with Crippen LogP contribution in [0, 0.1) is 11.8 Å². The second-order valence-electron chi connectivity index (χ2n) is 12.7. The quantitative estimate of drug-likeness (QED) is 0.179. The molecule has 1 saturated heterocycles. The second-order valence-corrected chi connectivity index (χ2v) is 12.7. The largest absolute Gasteiger partial charge is 0.459 e. The van der Waals surface area contributed by atoms with Crippen molar-refractivity contribution in [3.8, 4) is 0 Å². The maximum absolute atomic E-state index is 12.9. The van der Waals surface area contributed by atoms with Crippen molar-refractivity contribution in [2.24, 2.45) is 11.8 Å². The lowest BCUT2D eigenvalue weighted by Crippen LogP contribution is -2.59. The Morgan fingerprint density at radius 1 is 0.977 bits per heavy atom. The van der Waals surface area contributed by atoms with Crippen molar-refractivity contribution in [3.63, 3.8) is 0 Å². The molecule has 0 unspecified atom stereocenters. The lowest BCUT2D eigenvalue weighted by Gasteiger charge is -2.44. The molecule has 0 amide bonds. The van der Waals surface area contributed by atoms with Gasteiger partial charge in [0.1, 0.15) is 24.1 Å². The van der Waals surface area contributed by atoms with Crippen LogP contribution < -0.4 is 0 Å². The fraction of sp³-hybridized carbons (Fsp3) is 0.758. The number of hydrogen-bond acceptors (Lipinski definition) is 11. The minimum absolute atomic E-state index is 0.0808. The van der Waals surface area contributed by atoms with Gasteiger partial charge >= 0.3 is 5.97 Å². The minimum Gasteiger partial charge on any atom is -0.459 e. The number of rotatable bonds is 3. The zero-order chi connectivity index (χ0) is 33.2. The molecular weight excluding hydrogens is 572 g/mol. The predicted octanol–water partition coefficient (Wildman–Crippen LogP) is 1.99. The van der Waals surface area contributed by atoms with Crippen molar-refractivity contribution in [3.05, 3.63) is 36.0 Å². The summed E-state index contributed by atoms with van der Waals surface area (Å²) in [5, 5.41) is 75.4. The Bertz CT molecular complexity index is 1010. The van der Waals surface area contributed by atoms with E-state index < -0.39 is 72.4 Å². The van der Waals surface area contributed by atoms with E-state index in [1.807, 2.05) is 6.92 Å². The van der Waals surface area contributed by atoms with Gasteiger partial charge in [0.2, 0.25) is 5.79 Å². The summed E-state index contributed by atoms with van der Waals surface area (Å²) in [4.78, 5) is 25.7. The number of allylic oxidation sites excluding steroid dienone is 1. The Labute approximate surface area is 260 Å². The van der Waals surface area contributed by atoms with Crippen LogP contribution in [0.4, 0.5) is 0 Å². The summed E-state index contributed by atoms with van der Waals surface area (Å²) in [5.74, 6) is -4.97. The van der Waals surface area contributed by atoms with Crippen molar-refractivity contribution in [2.45, 2.75) is 147 Å². The fourth-order valence-electron chi connectivity index (χ4n) is 5.57. The van der Waals surface area contributed by atoms with Crippen LogP contribution in [0.15, 0.2) is 36.0 Å². The molecule has 2 rings (SSSR count). The number of ether oxygens (including phenoxy) is 2. The van der Waals surface area contributed by atoms with Gasteiger partial charge in [-0.15, -0.1) is 0 Å². The molecule has 2 aliphatic heterocycles. The summed E-state index contributed by atoms with van der Waals surface area (Å²) in [6.07, 6.45) is -2.45. The molecule has 0 spiro atoms. The third-order valence-electron chi connectivity index (χ3n) is 8.71. The SMILES string of the molecule is C=C1/C=C/[C@H](O)[C@@H](C)C(=O)O[C@H](CCCC)[C@H](O)CC[C@H](O)C[C@H]2CC[C@@H](O)[C@@](O)(O2)[C@H](O)C/C(C)=C/[C@@H](C)C(=O)C[C@@H]1O. The van der Waals surface area contributed by atoms with E-state index in [2.05, 4.69) is 6.58 Å². The van der Waals surface area contributed by atoms with Gasteiger partial charge in [-0.25, -0.2) is 0 Å². The van der Waals surface area contributed by atoms with E-state index in [-0.39, 0.29) is 49.9 Å². The topological polar surface area (TPSA) is 194 Å². The first-order valence-electron chi connectivity index (χ1n) is 15.8. The molecule has 1 fully saturated rings. The van der Waals surface area contributed by atoms with Crippen molar-refractivity contribution >= 4 is 11.8 Å². The molecule has 2 aliphatic rings. The molecule has 11 atom stereocenters. The summed E-state index contributed by atoms with van der Waals surface area (Å²) in [6.45, 7) is 10.5. The summed E-state index contributed by atoms with van der Waals surface area (Å²) in [7, 11) is 0. The number of aliphatic hydroxyl groups excluding tert-OH is 6. The lowest BCUT2D eigenvalue weighted by molar-refractivity contribution is -0.337. The van der Waals surface area contributed by atoms with Crippen molar-refractivity contribution in [1.82, 2.24) is 0 Å². The van der Waals surface area contributed by atoms with E-state index in [1.165, 1.54) is 19.1 Å². The molecule has 0 aliphatic carbocycles. The molecule has 0 aromatic carbocycles. The first-order valence-corrected chi connectivity index (χ1v) is 15.8. The number of aliphatic hydroxyl groups is 7. The van der Waals surface area contributed by atoms with Gasteiger partial charge in [0.05, 0.1) is 36.4 Å². The van der Waals surface area contributed by atoms with Gasteiger partial charge in [0, 0.05) is 12.3 Å². The van der Waals surface area contributed by atoms with Crippen LogP contribution in [0.3, 0.4) is 0 Å². The highest BCUT2D eigenvalue weighted by Gasteiger charge is 2.49. The van der Waals surface area contributed by atoms with Gasteiger partial charge in [-0.3, -0.25) is 9.59 Å². The zero-order valence-corrected chi connectivity index (χ0v) is 26.5. The number of carbonyl (C=O) groups excluding carboxylic acids is 2. The average molecular weight is 627 g/mol. The third-order valence-corrected chi connectivity index (χ3v) is 8.71. The maximum Gasteiger partial charge on any atom is 0.311 e. The number of fused-ring (bicyclic) bond motifs is 2. The molecule has 0 aromatic heterocycles. The van der Waals surface area contributed by atoms with E-state index in [0.717, 1.165) is 6.42 Å². The van der Waals surface area contributed by atoms with E-state index in [1.54, 1.807) is 19.9 Å². The van der Waals surface area contributed by atoms with Crippen LogP contribution in [-0.4, -0.2) is 102 Å². The van der Waals surface area contributed by atoms with Gasteiger partial charge in [-0.2, -0.15) is 0 Å². The Kier molecular flexibility index (Phi) is 15.3. The molecule has 11 nitrogen and oxygen atoms in total. The highest BCUT2D eigenvalue weighted by atomic mass is 16.7. The highest BCUT2D eigenvalue weighted by Crippen LogP contribution is 2.34. The van der Waals surface area contributed by atoms with E-state index in [4.69, 9.17) is 9.47 Å². The van der Waals surface area contributed by atoms with Crippen molar-refractivity contribution in [1.29, 1.82) is 0 Å². The predicted molar refractivity (Wildman–Crippen MR) is 163 cm³/mol. The second kappa shape index (κ2) is 17.7. The number of hydrogen-bond donors (Lipinski definition) is 7. The Balaban J connectivity index is 2.32. The monoisotopic (exact) mass is 626 g/mol. The summed E-state index contributed by atoms with van der Waals surface area (Å²) in [5.41, 5.74) is 0.716. The Hall–Kier alpha value is -1.96. The molecule has 0 saturated carbocycles. The van der Waals surface area contributed by atoms with E-state index >= 15 is 0 Å². The van der Waals surface area contributed by atoms with Crippen molar-refractivity contribution in [2.75, 3.05) is 0 Å². The van der Waals surface area contributed by atoms with Crippen LogP contribution in [0.25, 0.3) is 0 Å². The first kappa shape index (κ1) is 38.2. The van der Waals surface area contributed by atoms with Crippen LogP contribution in [0.2, 0.25) is 0 Å². The molecule has 2 bridgehead atoms. The van der Waals surface area contributed by atoms with Crippen LogP contribution >= 0.6 is 0 Å². The summed E-state index contributed by atoms with van der Waals surface area (Å²) < 4.78 is 11.4. The summed E-state index contributed by atoms with van der Waals surface area (Å²) >= 11 is 0. The number of Topliss-reactive ketones (excluding diaryl/α,β-unsaturated/α-hetero) is 1. The summed E-state index contributed by atoms with van der Waals surface area (Å²) in [6, 6.07) is 0. The van der Waals surface area contributed by atoms with Gasteiger partial charge in [-0.1, -0.05) is 50.6 Å². The van der Waals surface area contributed by atoms with E-state index in [9.17, 15) is 45.3 Å². The molecular formula is C33H54O11.